The normalized spacial score (nSPS) is 22.9. The minimum absolute atomic E-state index is 0.0956. The summed E-state index contributed by atoms with van der Waals surface area (Å²) in [6, 6.07) is -0.480. The Morgan fingerprint density at radius 2 is 2.06 bits per heavy atom. The second-order valence-electron chi connectivity index (χ2n) is 8.06. The standard InChI is InChI=1S/C15H23N7O6S3/c1-15(2,3)12-11(19-20-14-17-7-18-29-14)13(16)22(21-12)8-4-9(30-28-27-23)6-10(5-8)31(24,25)26/h7-10,23H,4-6,16H2,1-3H3,(H,24,25,26). The van der Waals surface area contributed by atoms with Crippen LogP contribution in [0.3, 0.4) is 0 Å². The van der Waals surface area contributed by atoms with Crippen LogP contribution in [0.25, 0.3) is 0 Å². The Hall–Kier alpha value is -1.69. The second-order valence-corrected chi connectivity index (χ2v) is 11.5. The van der Waals surface area contributed by atoms with E-state index in [4.69, 9.17) is 11.0 Å². The van der Waals surface area contributed by atoms with E-state index in [9.17, 15) is 13.0 Å². The number of nitrogen functional groups attached to an aromatic ring is 1. The van der Waals surface area contributed by atoms with Gasteiger partial charge >= 0.3 is 0 Å². The lowest BCUT2D eigenvalue weighted by Gasteiger charge is -2.32. The third-order valence-electron chi connectivity index (χ3n) is 4.79. The summed E-state index contributed by atoms with van der Waals surface area (Å²) < 4.78 is 43.2. The first kappa shape index (κ1) is 24.0. The van der Waals surface area contributed by atoms with Gasteiger partial charge in [-0.05, 0) is 19.3 Å². The van der Waals surface area contributed by atoms with E-state index in [-0.39, 0.29) is 18.7 Å². The molecule has 1 fully saturated rings. The molecule has 4 N–H and O–H groups in total. The highest BCUT2D eigenvalue weighted by Crippen LogP contribution is 2.43. The summed E-state index contributed by atoms with van der Waals surface area (Å²) in [7, 11) is -4.32. The molecule has 0 radical (unpaired) electrons. The Morgan fingerprint density at radius 3 is 2.65 bits per heavy atom. The van der Waals surface area contributed by atoms with Crippen molar-refractivity contribution in [2.75, 3.05) is 5.73 Å². The highest BCUT2D eigenvalue weighted by Gasteiger charge is 2.39. The Labute approximate surface area is 187 Å². The monoisotopic (exact) mass is 493 g/mol. The van der Waals surface area contributed by atoms with Crippen LogP contribution >= 0.6 is 23.6 Å². The smallest absolute Gasteiger partial charge is 0.267 e. The molecule has 13 nitrogen and oxygen atoms in total. The minimum Gasteiger partial charge on any atom is -0.382 e. The first-order chi connectivity index (χ1) is 14.5. The highest BCUT2D eigenvalue weighted by atomic mass is 32.2. The Balaban J connectivity index is 1.99. The van der Waals surface area contributed by atoms with Crippen LogP contribution in [0.1, 0.15) is 51.8 Å². The molecule has 3 rings (SSSR count). The number of hydrogen-bond donors (Lipinski definition) is 3. The molecule has 2 heterocycles. The van der Waals surface area contributed by atoms with Gasteiger partial charge in [0.15, 0.2) is 5.69 Å². The summed E-state index contributed by atoms with van der Waals surface area (Å²) in [5.74, 6) is 0.210. The van der Waals surface area contributed by atoms with Crippen LogP contribution in [-0.4, -0.2) is 47.9 Å². The van der Waals surface area contributed by atoms with Gasteiger partial charge < -0.3 is 5.73 Å². The number of nitrogens with two attached hydrogens (primary N) is 1. The topological polar surface area (TPSA) is 187 Å². The summed E-state index contributed by atoms with van der Waals surface area (Å²) in [6.07, 6.45) is 1.98. The maximum absolute atomic E-state index is 11.9. The summed E-state index contributed by atoms with van der Waals surface area (Å²) in [4.78, 5) is 3.96. The lowest BCUT2D eigenvalue weighted by Crippen LogP contribution is -2.35. The van der Waals surface area contributed by atoms with E-state index in [1.54, 1.807) is 0 Å². The molecule has 0 saturated heterocycles. The van der Waals surface area contributed by atoms with Crippen LogP contribution in [-0.2, 0) is 24.9 Å². The molecule has 0 spiro atoms. The number of nitrogens with zero attached hydrogens (tertiary/aromatic N) is 6. The fraction of sp³-hybridized carbons (Fsp3) is 0.667. The minimum atomic E-state index is -4.32. The van der Waals surface area contributed by atoms with E-state index in [2.05, 4.69) is 34.1 Å². The molecular weight excluding hydrogens is 470 g/mol. The quantitative estimate of drug-likeness (QED) is 0.168. The van der Waals surface area contributed by atoms with Crippen LogP contribution in [0, 0.1) is 0 Å². The van der Waals surface area contributed by atoms with Crippen molar-refractivity contribution in [2.24, 2.45) is 10.2 Å². The molecule has 0 aliphatic heterocycles. The average Bonchev–Trinajstić information content (AvgIpc) is 3.31. The van der Waals surface area contributed by atoms with Crippen molar-refractivity contribution in [3.05, 3.63) is 12.0 Å². The number of hydrogen-bond acceptors (Lipinski definition) is 13. The van der Waals surface area contributed by atoms with Gasteiger partial charge in [0.2, 0.25) is 5.13 Å². The molecule has 0 bridgehead atoms. The number of anilines is 1. The number of azo groups is 1. The van der Waals surface area contributed by atoms with Gasteiger partial charge in [0.25, 0.3) is 10.1 Å². The lowest BCUT2D eigenvalue weighted by molar-refractivity contribution is -0.432. The molecule has 0 aromatic carbocycles. The fourth-order valence-electron chi connectivity index (χ4n) is 3.41. The van der Waals surface area contributed by atoms with Crippen LogP contribution in [0.2, 0.25) is 0 Å². The van der Waals surface area contributed by atoms with Crippen LogP contribution in [0.4, 0.5) is 16.6 Å². The zero-order chi connectivity index (χ0) is 22.8. The number of rotatable bonds is 7. The Morgan fingerprint density at radius 1 is 1.32 bits per heavy atom. The van der Waals surface area contributed by atoms with Crippen molar-refractivity contribution >= 4 is 50.3 Å². The largest absolute Gasteiger partial charge is 0.382 e. The molecule has 1 aliphatic carbocycles. The van der Waals surface area contributed by atoms with E-state index in [0.29, 0.717) is 22.9 Å². The van der Waals surface area contributed by atoms with Gasteiger partial charge in [0.05, 0.1) is 17.0 Å². The van der Waals surface area contributed by atoms with Gasteiger partial charge in [-0.3, -0.25) is 4.55 Å². The second kappa shape index (κ2) is 9.43. The maximum atomic E-state index is 11.9. The van der Waals surface area contributed by atoms with Crippen molar-refractivity contribution in [3.63, 3.8) is 0 Å². The van der Waals surface area contributed by atoms with Gasteiger partial charge in [-0.15, -0.1) is 14.6 Å². The third-order valence-corrected chi connectivity index (χ3v) is 7.36. The Bertz CT molecular complexity index is 1020. The molecule has 31 heavy (non-hydrogen) atoms. The third kappa shape index (κ3) is 5.76. The van der Waals surface area contributed by atoms with Crippen LogP contribution in [0.5, 0.6) is 0 Å². The summed E-state index contributed by atoms with van der Waals surface area (Å²) >= 11 is 1.84. The predicted octanol–water partition coefficient (Wildman–Crippen LogP) is 3.45. The maximum Gasteiger partial charge on any atom is 0.267 e. The molecule has 3 unspecified atom stereocenters. The van der Waals surface area contributed by atoms with Gasteiger partial charge in [0, 0.05) is 34.2 Å². The van der Waals surface area contributed by atoms with Crippen LogP contribution < -0.4 is 5.73 Å². The summed E-state index contributed by atoms with van der Waals surface area (Å²) in [5, 5.41) is 23.9. The molecular formula is C15H23N7O6S3. The highest BCUT2D eigenvalue weighted by molar-refractivity contribution is 7.95. The molecule has 2 aromatic rings. The fourth-order valence-corrected chi connectivity index (χ4v) is 5.59. The van der Waals surface area contributed by atoms with Crippen molar-refractivity contribution in [1.82, 2.24) is 19.1 Å². The van der Waals surface area contributed by atoms with Gasteiger partial charge in [-0.2, -0.15) is 17.9 Å². The lowest BCUT2D eigenvalue weighted by atomic mass is 9.91. The van der Waals surface area contributed by atoms with E-state index >= 15 is 0 Å². The zero-order valence-corrected chi connectivity index (χ0v) is 19.4. The zero-order valence-electron chi connectivity index (χ0n) is 16.9. The molecule has 1 aliphatic rings. The molecule has 2 aromatic heterocycles. The average molecular weight is 494 g/mol. The summed E-state index contributed by atoms with van der Waals surface area (Å²) in [6.45, 7) is 5.82. The predicted molar refractivity (Wildman–Crippen MR) is 114 cm³/mol. The van der Waals surface area contributed by atoms with E-state index in [1.165, 1.54) is 11.0 Å². The van der Waals surface area contributed by atoms with Crippen LogP contribution in [0.15, 0.2) is 16.6 Å². The molecule has 0 amide bonds. The van der Waals surface area contributed by atoms with Crippen molar-refractivity contribution in [2.45, 2.75) is 62.0 Å². The van der Waals surface area contributed by atoms with Gasteiger partial charge in [-0.25, -0.2) is 14.9 Å². The van der Waals surface area contributed by atoms with Gasteiger partial charge in [0.1, 0.15) is 12.1 Å². The van der Waals surface area contributed by atoms with Gasteiger partial charge in [-0.1, -0.05) is 25.8 Å². The number of aromatic nitrogens is 4. The summed E-state index contributed by atoms with van der Waals surface area (Å²) in [5.41, 5.74) is 6.87. The van der Waals surface area contributed by atoms with E-state index in [1.807, 2.05) is 20.8 Å². The van der Waals surface area contributed by atoms with Crippen molar-refractivity contribution < 1.29 is 27.6 Å². The molecule has 172 valence electrons. The molecule has 16 heteroatoms. The first-order valence-electron chi connectivity index (χ1n) is 9.17. The van der Waals surface area contributed by atoms with E-state index < -0.39 is 32.1 Å². The SMILES string of the molecule is CC(C)(C)c1nn(C2CC(SOOO)CC(S(=O)(=O)O)C2)c(N)c1N=Nc1ncns1. The van der Waals surface area contributed by atoms with Crippen molar-refractivity contribution in [1.29, 1.82) is 0 Å². The molecule has 3 atom stereocenters. The molecule has 1 saturated carbocycles. The Kier molecular flexibility index (Phi) is 7.29. The van der Waals surface area contributed by atoms with Crippen molar-refractivity contribution in [3.8, 4) is 0 Å². The van der Waals surface area contributed by atoms with E-state index in [0.717, 1.165) is 23.6 Å². The first-order valence-corrected chi connectivity index (χ1v) is 12.3.